The highest BCUT2D eigenvalue weighted by Crippen LogP contribution is 2.31. The van der Waals surface area contributed by atoms with Crippen LogP contribution in [0.2, 0.25) is 0 Å². The highest BCUT2D eigenvalue weighted by Gasteiger charge is 2.31. The Balaban J connectivity index is 2.51. The van der Waals surface area contributed by atoms with Gasteiger partial charge < -0.3 is 9.47 Å². The van der Waals surface area contributed by atoms with E-state index >= 15 is 0 Å². The first-order valence-electron chi connectivity index (χ1n) is 8.61. The van der Waals surface area contributed by atoms with Crippen LogP contribution in [0.25, 0.3) is 0 Å². The molecule has 2 nitrogen and oxygen atoms in total. The minimum absolute atomic E-state index is 0.255. The van der Waals surface area contributed by atoms with Crippen LogP contribution in [-0.2, 0) is 9.47 Å². The molecule has 0 aliphatic heterocycles. The Hall–Kier alpha value is -0.0800. The van der Waals surface area contributed by atoms with E-state index in [0.29, 0.717) is 0 Å². The predicted molar refractivity (Wildman–Crippen MR) is 81.4 cm³/mol. The molecule has 0 spiro atoms. The van der Waals surface area contributed by atoms with Crippen molar-refractivity contribution in [1.82, 2.24) is 0 Å². The zero-order chi connectivity index (χ0) is 13.8. The summed E-state index contributed by atoms with van der Waals surface area (Å²) in [7, 11) is 0. The predicted octanol–water partition coefficient (Wildman–Crippen LogP) is 5.45. The Kier molecular flexibility index (Phi) is 9.54. The maximum atomic E-state index is 6.23. The van der Waals surface area contributed by atoms with Gasteiger partial charge in [0.25, 0.3) is 0 Å². The number of hydrogen-bond acceptors (Lipinski definition) is 2. The van der Waals surface area contributed by atoms with E-state index in [1.807, 2.05) is 0 Å². The van der Waals surface area contributed by atoms with E-state index in [1.165, 1.54) is 51.4 Å². The molecule has 1 aliphatic carbocycles. The molecule has 0 heterocycles. The van der Waals surface area contributed by atoms with Gasteiger partial charge in [0.15, 0.2) is 5.79 Å². The molecule has 114 valence electrons. The van der Waals surface area contributed by atoms with Crippen molar-refractivity contribution in [3.05, 3.63) is 0 Å². The molecule has 0 unspecified atom stereocenters. The van der Waals surface area contributed by atoms with Gasteiger partial charge >= 0.3 is 0 Å². The fourth-order valence-electron chi connectivity index (χ4n) is 2.76. The summed E-state index contributed by atoms with van der Waals surface area (Å²) in [6.07, 6.45) is 14.9. The second-order valence-corrected chi connectivity index (χ2v) is 5.94. The van der Waals surface area contributed by atoms with Crippen LogP contribution in [0.15, 0.2) is 0 Å². The summed E-state index contributed by atoms with van der Waals surface area (Å²) in [4.78, 5) is 0. The Bertz CT molecular complexity index is 181. The number of ether oxygens (including phenoxy) is 2. The first kappa shape index (κ1) is 17.0. The van der Waals surface area contributed by atoms with Crippen LogP contribution in [0.4, 0.5) is 0 Å². The molecule has 19 heavy (non-hydrogen) atoms. The molecule has 0 aromatic heterocycles. The number of hydrogen-bond donors (Lipinski definition) is 0. The van der Waals surface area contributed by atoms with Crippen LogP contribution in [-0.4, -0.2) is 19.0 Å². The lowest BCUT2D eigenvalue weighted by Crippen LogP contribution is -2.37. The van der Waals surface area contributed by atoms with E-state index in [9.17, 15) is 0 Å². The molecule has 0 atom stereocenters. The van der Waals surface area contributed by atoms with Gasteiger partial charge in [-0.05, 0) is 25.7 Å². The molecule has 1 rings (SSSR count). The van der Waals surface area contributed by atoms with E-state index in [1.54, 1.807) is 0 Å². The van der Waals surface area contributed by atoms with Gasteiger partial charge in [-0.2, -0.15) is 0 Å². The number of rotatable bonds is 8. The number of unbranched alkanes of at least 4 members (excludes halogenated alkanes) is 2. The molecule has 1 saturated carbocycles. The van der Waals surface area contributed by atoms with Gasteiger partial charge in [-0.25, -0.2) is 0 Å². The average molecular weight is 270 g/mol. The molecular formula is C17H34O2. The summed E-state index contributed by atoms with van der Waals surface area (Å²) in [5.41, 5.74) is 0. The lowest BCUT2D eigenvalue weighted by Gasteiger charge is -2.34. The zero-order valence-corrected chi connectivity index (χ0v) is 13.2. The second-order valence-electron chi connectivity index (χ2n) is 5.94. The van der Waals surface area contributed by atoms with Gasteiger partial charge in [-0.1, -0.05) is 52.4 Å². The lowest BCUT2D eigenvalue weighted by molar-refractivity contribution is -0.246. The van der Waals surface area contributed by atoms with Crippen LogP contribution in [0, 0.1) is 0 Å². The summed E-state index contributed by atoms with van der Waals surface area (Å²) >= 11 is 0. The molecule has 1 fully saturated rings. The van der Waals surface area contributed by atoms with E-state index in [-0.39, 0.29) is 5.79 Å². The Morgan fingerprint density at radius 1 is 0.684 bits per heavy atom. The highest BCUT2D eigenvalue weighted by atomic mass is 16.7. The fraction of sp³-hybridized carbons (Fsp3) is 1.00. The quantitative estimate of drug-likeness (QED) is 0.431. The third-order valence-electron chi connectivity index (χ3n) is 4.09. The topological polar surface area (TPSA) is 18.5 Å². The summed E-state index contributed by atoms with van der Waals surface area (Å²) < 4.78 is 12.5. The summed E-state index contributed by atoms with van der Waals surface area (Å²) in [5, 5.41) is 0. The van der Waals surface area contributed by atoms with Gasteiger partial charge in [0.2, 0.25) is 0 Å². The third-order valence-corrected chi connectivity index (χ3v) is 4.09. The van der Waals surface area contributed by atoms with Crippen LogP contribution in [0.3, 0.4) is 0 Å². The third kappa shape index (κ3) is 7.31. The molecule has 0 bridgehead atoms. The van der Waals surface area contributed by atoms with Crippen LogP contribution in [0.5, 0.6) is 0 Å². The van der Waals surface area contributed by atoms with Crippen molar-refractivity contribution in [3.8, 4) is 0 Å². The van der Waals surface area contributed by atoms with Crippen LogP contribution in [0.1, 0.15) is 90.9 Å². The second kappa shape index (κ2) is 10.7. The average Bonchev–Trinajstić information content (AvgIpc) is 2.52. The van der Waals surface area contributed by atoms with Gasteiger partial charge in [0, 0.05) is 12.8 Å². The van der Waals surface area contributed by atoms with E-state index < -0.39 is 0 Å². The fourth-order valence-corrected chi connectivity index (χ4v) is 2.76. The smallest absolute Gasteiger partial charge is 0.168 e. The van der Waals surface area contributed by atoms with Crippen molar-refractivity contribution < 1.29 is 9.47 Å². The zero-order valence-electron chi connectivity index (χ0n) is 13.2. The standard InChI is InChI=1S/C17H34O2/c1-3-5-15-18-17(19-16-6-4-2)13-11-9-7-8-10-12-14-17/h3-16H2,1-2H3. The van der Waals surface area contributed by atoms with E-state index in [2.05, 4.69) is 13.8 Å². The van der Waals surface area contributed by atoms with Crippen molar-refractivity contribution in [3.63, 3.8) is 0 Å². The molecule has 1 aliphatic rings. The molecule has 0 aromatic rings. The van der Waals surface area contributed by atoms with Crippen molar-refractivity contribution in [2.45, 2.75) is 96.7 Å². The summed E-state index contributed by atoms with van der Waals surface area (Å²) in [6, 6.07) is 0. The first-order valence-corrected chi connectivity index (χ1v) is 8.61. The molecule has 0 N–H and O–H groups in total. The SMILES string of the molecule is CCCCOC1(OCCCC)CCCCCCCC1. The minimum Gasteiger partial charge on any atom is -0.350 e. The van der Waals surface area contributed by atoms with Crippen LogP contribution < -0.4 is 0 Å². The molecule has 0 amide bonds. The van der Waals surface area contributed by atoms with Gasteiger partial charge in [0.05, 0.1) is 13.2 Å². The Morgan fingerprint density at radius 3 is 1.53 bits per heavy atom. The monoisotopic (exact) mass is 270 g/mol. The van der Waals surface area contributed by atoms with Gasteiger partial charge in [0.1, 0.15) is 0 Å². The van der Waals surface area contributed by atoms with Crippen molar-refractivity contribution in [2.24, 2.45) is 0 Å². The van der Waals surface area contributed by atoms with E-state index in [4.69, 9.17) is 9.47 Å². The molecular weight excluding hydrogens is 236 g/mol. The maximum absolute atomic E-state index is 6.23. The highest BCUT2D eigenvalue weighted by molar-refractivity contribution is 4.73. The van der Waals surface area contributed by atoms with Gasteiger partial charge in [-0.3, -0.25) is 0 Å². The van der Waals surface area contributed by atoms with E-state index in [0.717, 1.165) is 38.9 Å². The maximum Gasteiger partial charge on any atom is 0.168 e. The van der Waals surface area contributed by atoms with Gasteiger partial charge in [-0.15, -0.1) is 0 Å². The van der Waals surface area contributed by atoms with Crippen LogP contribution >= 0.6 is 0 Å². The molecule has 2 heteroatoms. The summed E-state index contributed by atoms with van der Waals surface area (Å²) in [5.74, 6) is -0.255. The minimum atomic E-state index is -0.255. The largest absolute Gasteiger partial charge is 0.350 e. The molecule has 0 radical (unpaired) electrons. The molecule has 0 aromatic carbocycles. The lowest BCUT2D eigenvalue weighted by atomic mass is 10.0. The van der Waals surface area contributed by atoms with Crippen molar-refractivity contribution in [2.75, 3.05) is 13.2 Å². The first-order chi connectivity index (χ1) is 9.33. The van der Waals surface area contributed by atoms with Crippen molar-refractivity contribution in [1.29, 1.82) is 0 Å². The Labute approximate surface area is 120 Å². The van der Waals surface area contributed by atoms with Crippen molar-refractivity contribution >= 4 is 0 Å². The Morgan fingerprint density at radius 2 is 1.11 bits per heavy atom. The molecule has 0 saturated heterocycles. The summed E-state index contributed by atoms with van der Waals surface area (Å²) in [6.45, 7) is 6.17. The normalized spacial score (nSPS) is 20.5.